The molecule has 0 aliphatic carbocycles. The van der Waals surface area contributed by atoms with Gasteiger partial charge < -0.3 is 10.8 Å². The monoisotopic (exact) mass is 270 g/mol. The minimum Gasteiger partial charge on any atom is -0.398 e. The second-order valence-electron chi connectivity index (χ2n) is 6.17. The van der Waals surface area contributed by atoms with Crippen LogP contribution in [0.2, 0.25) is 0 Å². The summed E-state index contributed by atoms with van der Waals surface area (Å²) in [5.74, 6) is 0. The number of nitrogen functional groups attached to an aromatic ring is 1. The van der Waals surface area contributed by atoms with Crippen molar-refractivity contribution in [2.75, 3.05) is 5.73 Å². The van der Waals surface area contributed by atoms with E-state index in [4.69, 9.17) is 5.73 Å². The van der Waals surface area contributed by atoms with Crippen molar-refractivity contribution in [1.82, 2.24) is 4.98 Å². The van der Waals surface area contributed by atoms with Gasteiger partial charge >= 0.3 is 0 Å². The molecule has 0 aliphatic rings. The third-order valence-electron chi connectivity index (χ3n) is 3.52. The molecule has 1 aromatic carbocycles. The standard InChI is InChI=1S/C17H22N2O/c1-17(2,3)14-6-4-12(5-7-14)16(20)10-13-11-19-9-8-15(13)18/h4-9,11,16,20H,10H2,1-3H3,(H2,18,19). The Balaban J connectivity index is 2.14. The summed E-state index contributed by atoms with van der Waals surface area (Å²) in [6.07, 6.45) is 3.29. The van der Waals surface area contributed by atoms with Crippen LogP contribution in [0.25, 0.3) is 0 Å². The van der Waals surface area contributed by atoms with Gasteiger partial charge in [0.15, 0.2) is 0 Å². The molecular weight excluding hydrogens is 248 g/mol. The van der Waals surface area contributed by atoms with Gasteiger partial charge in [-0.1, -0.05) is 45.0 Å². The molecule has 0 amide bonds. The smallest absolute Gasteiger partial charge is 0.0831 e. The second-order valence-corrected chi connectivity index (χ2v) is 6.17. The number of hydrogen-bond acceptors (Lipinski definition) is 3. The van der Waals surface area contributed by atoms with E-state index in [1.807, 2.05) is 12.1 Å². The van der Waals surface area contributed by atoms with E-state index in [2.05, 4.69) is 37.9 Å². The fourth-order valence-corrected chi connectivity index (χ4v) is 2.14. The van der Waals surface area contributed by atoms with Gasteiger partial charge in [-0.05, 0) is 28.2 Å². The van der Waals surface area contributed by atoms with Crippen molar-refractivity contribution in [2.24, 2.45) is 0 Å². The summed E-state index contributed by atoms with van der Waals surface area (Å²) in [5.41, 5.74) is 9.71. The Hall–Kier alpha value is -1.87. The lowest BCUT2D eigenvalue weighted by molar-refractivity contribution is 0.178. The third-order valence-corrected chi connectivity index (χ3v) is 3.52. The Kier molecular flexibility index (Phi) is 4.09. The fraction of sp³-hybridized carbons (Fsp3) is 0.353. The molecule has 0 saturated carbocycles. The number of aromatic nitrogens is 1. The van der Waals surface area contributed by atoms with Crippen LogP contribution >= 0.6 is 0 Å². The normalized spacial score (nSPS) is 13.2. The molecule has 2 rings (SSSR count). The van der Waals surface area contributed by atoms with Crippen LogP contribution in [0.1, 0.15) is 43.6 Å². The summed E-state index contributed by atoms with van der Waals surface area (Å²) in [5, 5.41) is 10.3. The maximum atomic E-state index is 10.3. The van der Waals surface area contributed by atoms with E-state index < -0.39 is 6.10 Å². The third kappa shape index (κ3) is 3.36. The summed E-state index contributed by atoms with van der Waals surface area (Å²) in [4.78, 5) is 4.05. The molecule has 3 nitrogen and oxygen atoms in total. The number of aliphatic hydroxyl groups excluding tert-OH is 1. The Morgan fingerprint density at radius 3 is 2.35 bits per heavy atom. The van der Waals surface area contributed by atoms with Crippen LogP contribution < -0.4 is 5.73 Å². The molecule has 3 N–H and O–H groups in total. The predicted octanol–water partition coefficient (Wildman–Crippen LogP) is 3.24. The van der Waals surface area contributed by atoms with Crippen LogP contribution in [0.15, 0.2) is 42.7 Å². The Morgan fingerprint density at radius 1 is 1.15 bits per heavy atom. The van der Waals surface area contributed by atoms with E-state index in [-0.39, 0.29) is 5.41 Å². The first-order valence-electron chi connectivity index (χ1n) is 6.85. The summed E-state index contributed by atoms with van der Waals surface area (Å²) in [6.45, 7) is 6.53. The number of nitrogens with two attached hydrogens (primary N) is 1. The zero-order valence-electron chi connectivity index (χ0n) is 12.3. The Labute approximate surface area is 120 Å². The van der Waals surface area contributed by atoms with Crippen molar-refractivity contribution >= 4 is 5.69 Å². The molecule has 106 valence electrons. The minimum absolute atomic E-state index is 0.122. The van der Waals surface area contributed by atoms with Gasteiger partial charge in [-0.2, -0.15) is 0 Å². The summed E-state index contributed by atoms with van der Waals surface area (Å²) >= 11 is 0. The van der Waals surface area contributed by atoms with E-state index in [9.17, 15) is 5.11 Å². The van der Waals surface area contributed by atoms with Gasteiger partial charge in [0, 0.05) is 24.5 Å². The van der Waals surface area contributed by atoms with Crippen molar-refractivity contribution in [3.63, 3.8) is 0 Å². The molecule has 20 heavy (non-hydrogen) atoms. The first-order valence-corrected chi connectivity index (χ1v) is 6.85. The van der Waals surface area contributed by atoms with Crippen LogP contribution in [0.4, 0.5) is 5.69 Å². The van der Waals surface area contributed by atoms with Crippen LogP contribution in [0.5, 0.6) is 0 Å². The number of rotatable bonds is 3. The molecule has 1 heterocycles. The Bertz CT molecular complexity index is 570. The largest absolute Gasteiger partial charge is 0.398 e. The fourth-order valence-electron chi connectivity index (χ4n) is 2.14. The van der Waals surface area contributed by atoms with Crippen LogP contribution in [0, 0.1) is 0 Å². The van der Waals surface area contributed by atoms with Gasteiger partial charge in [0.2, 0.25) is 0 Å². The summed E-state index contributed by atoms with van der Waals surface area (Å²) < 4.78 is 0. The topological polar surface area (TPSA) is 59.1 Å². The maximum Gasteiger partial charge on any atom is 0.0831 e. The quantitative estimate of drug-likeness (QED) is 0.900. The highest BCUT2D eigenvalue weighted by atomic mass is 16.3. The van der Waals surface area contributed by atoms with Crippen molar-refractivity contribution in [3.8, 4) is 0 Å². The summed E-state index contributed by atoms with van der Waals surface area (Å²) in [7, 11) is 0. The number of benzene rings is 1. The maximum absolute atomic E-state index is 10.3. The van der Waals surface area contributed by atoms with E-state index in [0.29, 0.717) is 12.1 Å². The second kappa shape index (κ2) is 5.63. The van der Waals surface area contributed by atoms with E-state index in [1.54, 1.807) is 18.5 Å². The van der Waals surface area contributed by atoms with E-state index in [1.165, 1.54) is 5.56 Å². The average Bonchev–Trinajstić information content (AvgIpc) is 2.40. The van der Waals surface area contributed by atoms with E-state index in [0.717, 1.165) is 11.1 Å². The molecule has 3 heteroatoms. The molecule has 1 unspecified atom stereocenters. The predicted molar refractivity (Wildman–Crippen MR) is 82.5 cm³/mol. The number of nitrogens with zero attached hydrogens (tertiary/aromatic N) is 1. The SMILES string of the molecule is CC(C)(C)c1ccc(C(O)Cc2cnccc2N)cc1. The van der Waals surface area contributed by atoms with Gasteiger partial charge in [-0.25, -0.2) is 0 Å². The molecular formula is C17H22N2O. The lowest BCUT2D eigenvalue weighted by atomic mass is 9.86. The Morgan fingerprint density at radius 2 is 1.80 bits per heavy atom. The first-order chi connectivity index (χ1) is 9.38. The lowest BCUT2D eigenvalue weighted by Crippen LogP contribution is -2.11. The molecule has 0 radical (unpaired) electrons. The molecule has 0 fully saturated rings. The van der Waals surface area contributed by atoms with Gasteiger partial charge in [-0.15, -0.1) is 0 Å². The molecule has 2 aromatic rings. The molecule has 0 saturated heterocycles. The molecule has 1 atom stereocenters. The number of aliphatic hydroxyl groups is 1. The highest BCUT2D eigenvalue weighted by Crippen LogP contribution is 2.26. The van der Waals surface area contributed by atoms with Gasteiger partial charge in [0.1, 0.15) is 0 Å². The van der Waals surface area contributed by atoms with Crippen molar-refractivity contribution in [1.29, 1.82) is 0 Å². The van der Waals surface area contributed by atoms with Gasteiger partial charge in [-0.3, -0.25) is 4.98 Å². The van der Waals surface area contributed by atoms with Crippen molar-refractivity contribution in [3.05, 3.63) is 59.4 Å². The van der Waals surface area contributed by atoms with Crippen molar-refractivity contribution < 1.29 is 5.11 Å². The molecule has 0 aliphatic heterocycles. The zero-order valence-corrected chi connectivity index (χ0v) is 12.3. The highest BCUT2D eigenvalue weighted by Gasteiger charge is 2.15. The van der Waals surface area contributed by atoms with Crippen LogP contribution in [-0.4, -0.2) is 10.1 Å². The highest BCUT2D eigenvalue weighted by molar-refractivity contribution is 5.45. The first kappa shape index (κ1) is 14.5. The van der Waals surface area contributed by atoms with Crippen LogP contribution in [0.3, 0.4) is 0 Å². The average molecular weight is 270 g/mol. The molecule has 0 spiro atoms. The zero-order chi connectivity index (χ0) is 14.8. The molecule has 0 bridgehead atoms. The lowest BCUT2D eigenvalue weighted by Gasteiger charge is -2.20. The van der Waals surface area contributed by atoms with Crippen LogP contribution in [-0.2, 0) is 11.8 Å². The number of anilines is 1. The molecule has 1 aromatic heterocycles. The van der Waals surface area contributed by atoms with Gasteiger partial charge in [0.25, 0.3) is 0 Å². The van der Waals surface area contributed by atoms with E-state index >= 15 is 0 Å². The summed E-state index contributed by atoms with van der Waals surface area (Å²) in [6, 6.07) is 9.87. The van der Waals surface area contributed by atoms with Gasteiger partial charge in [0.05, 0.1) is 6.10 Å². The minimum atomic E-state index is -0.560. The number of hydrogen-bond donors (Lipinski definition) is 2. The number of pyridine rings is 1. The van der Waals surface area contributed by atoms with Crippen molar-refractivity contribution in [2.45, 2.75) is 38.7 Å².